The van der Waals surface area contributed by atoms with Gasteiger partial charge in [-0.15, -0.1) is 0 Å². The van der Waals surface area contributed by atoms with E-state index in [2.05, 4.69) is 10.6 Å². The van der Waals surface area contributed by atoms with Crippen LogP contribution in [0.3, 0.4) is 0 Å². The third kappa shape index (κ3) is 3.09. The zero-order valence-corrected chi connectivity index (χ0v) is 10.4. The number of hydrogen-bond acceptors (Lipinski definition) is 4. The quantitative estimate of drug-likeness (QED) is 0.779. The molecule has 2 N–H and O–H groups in total. The average Bonchev–Trinajstić information content (AvgIpc) is 2.38. The minimum Gasteiger partial charge on any atom is -0.497 e. The van der Waals surface area contributed by atoms with Crippen molar-refractivity contribution in [2.45, 2.75) is 12.8 Å². The number of carbonyl (C=O) groups is 3. The third-order valence-electron chi connectivity index (χ3n) is 2.99. The van der Waals surface area contributed by atoms with Crippen LogP contribution in [0.25, 0.3) is 0 Å². The molecule has 1 fully saturated rings. The number of urea groups is 1. The van der Waals surface area contributed by atoms with Crippen molar-refractivity contribution in [3.05, 3.63) is 29.8 Å². The molecule has 1 saturated heterocycles. The van der Waals surface area contributed by atoms with Gasteiger partial charge in [0.15, 0.2) is 0 Å². The van der Waals surface area contributed by atoms with Crippen molar-refractivity contribution < 1.29 is 19.1 Å². The first-order valence-corrected chi connectivity index (χ1v) is 5.89. The zero-order valence-electron chi connectivity index (χ0n) is 10.4. The van der Waals surface area contributed by atoms with Crippen LogP contribution in [0.15, 0.2) is 24.3 Å². The van der Waals surface area contributed by atoms with E-state index in [0.29, 0.717) is 12.8 Å². The molecule has 1 heterocycles. The van der Waals surface area contributed by atoms with E-state index in [0.717, 1.165) is 11.3 Å². The van der Waals surface area contributed by atoms with Crippen molar-refractivity contribution in [2.24, 2.45) is 5.92 Å². The van der Waals surface area contributed by atoms with E-state index < -0.39 is 23.8 Å². The van der Waals surface area contributed by atoms with Gasteiger partial charge in [-0.3, -0.25) is 20.2 Å². The molecule has 0 spiro atoms. The molecule has 4 amide bonds. The molecule has 0 aliphatic carbocycles. The van der Waals surface area contributed by atoms with Crippen molar-refractivity contribution in [1.29, 1.82) is 0 Å². The lowest BCUT2D eigenvalue weighted by Gasteiger charge is -2.20. The van der Waals surface area contributed by atoms with Gasteiger partial charge in [-0.1, -0.05) is 12.1 Å². The second-order valence-corrected chi connectivity index (χ2v) is 4.25. The maximum Gasteiger partial charge on any atom is 0.328 e. The van der Waals surface area contributed by atoms with Gasteiger partial charge in [0.1, 0.15) is 11.7 Å². The summed E-state index contributed by atoms with van der Waals surface area (Å²) in [6.45, 7) is 0. The number of amides is 4. The smallest absolute Gasteiger partial charge is 0.328 e. The summed E-state index contributed by atoms with van der Waals surface area (Å²) in [6, 6.07) is 6.64. The van der Waals surface area contributed by atoms with Crippen LogP contribution in [0.5, 0.6) is 5.75 Å². The lowest BCUT2D eigenvalue weighted by Crippen LogP contribution is -2.55. The van der Waals surface area contributed by atoms with Gasteiger partial charge in [0.25, 0.3) is 0 Å². The summed E-state index contributed by atoms with van der Waals surface area (Å²) in [5.41, 5.74) is 0.998. The molecule has 0 unspecified atom stereocenters. The summed E-state index contributed by atoms with van der Waals surface area (Å²) >= 11 is 0. The lowest BCUT2D eigenvalue weighted by atomic mass is 9.97. The van der Waals surface area contributed by atoms with E-state index >= 15 is 0 Å². The van der Waals surface area contributed by atoms with Crippen LogP contribution >= 0.6 is 0 Å². The minimum absolute atomic E-state index is 0.358. The van der Waals surface area contributed by atoms with E-state index in [4.69, 9.17) is 4.74 Å². The van der Waals surface area contributed by atoms with E-state index in [1.165, 1.54) is 0 Å². The summed E-state index contributed by atoms with van der Waals surface area (Å²) in [4.78, 5) is 33.9. The predicted molar refractivity (Wildman–Crippen MR) is 66.5 cm³/mol. The molecule has 1 aromatic carbocycles. The summed E-state index contributed by atoms with van der Waals surface area (Å²) in [5.74, 6) is -1.15. The number of benzene rings is 1. The van der Waals surface area contributed by atoms with Crippen molar-refractivity contribution in [3.8, 4) is 5.75 Å². The van der Waals surface area contributed by atoms with Crippen molar-refractivity contribution in [1.82, 2.24) is 10.6 Å². The van der Waals surface area contributed by atoms with E-state index in [-0.39, 0.29) is 0 Å². The Morgan fingerprint density at radius 1 is 1.05 bits per heavy atom. The molecular weight excluding hydrogens is 248 g/mol. The fourth-order valence-electron chi connectivity index (χ4n) is 1.91. The van der Waals surface area contributed by atoms with Gasteiger partial charge in [0.05, 0.1) is 7.11 Å². The van der Waals surface area contributed by atoms with Crippen molar-refractivity contribution >= 4 is 17.8 Å². The molecular formula is C13H14N2O4. The highest BCUT2D eigenvalue weighted by Crippen LogP contribution is 2.16. The molecule has 1 aromatic rings. The summed E-state index contributed by atoms with van der Waals surface area (Å²) < 4.78 is 5.04. The van der Waals surface area contributed by atoms with Gasteiger partial charge in [0.2, 0.25) is 11.8 Å². The summed E-state index contributed by atoms with van der Waals surface area (Å²) in [7, 11) is 1.59. The molecule has 1 aliphatic rings. The number of nitrogens with one attached hydrogen (secondary N) is 2. The molecule has 1 aliphatic heterocycles. The first-order valence-electron chi connectivity index (χ1n) is 5.89. The number of rotatable bonds is 4. The summed E-state index contributed by atoms with van der Waals surface area (Å²) in [6.07, 6.45) is 0.932. The summed E-state index contributed by atoms with van der Waals surface area (Å²) in [5, 5.41) is 4.17. The molecule has 0 radical (unpaired) electrons. The van der Waals surface area contributed by atoms with Crippen LogP contribution in [0.4, 0.5) is 4.79 Å². The molecule has 100 valence electrons. The fourth-order valence-corrected chi connectivity index (χ4v) is 1.91. The second-order valence-electron chi connectivity index (χ2n) is 4.25. The van der Waals surface area contributed by atoms with Gasteiger partial charge in [-0.2, -0.15) is 0 Å². The Hall–Kier alpha value is -2.37. The molecule has 0 aromatic heterocycles. The number of methoxy groups -OCH3 is 1. The minimum atomic E-state index is -0.820. The van der Waals surface area contributed by atoms with Crippen LogP contribution in [0.1, 0.15) is 12.0 Å². The molecule has 0 atom stereocenters. The predicted octanol–water partition coefficient (Wildman–Crippen LogP) is 0.610. The Morgan fingerprint density at radius 2 is 1.63 bits per heavy atom. The van der Waals surface area contributed by atoms with Gasteiger partial charge < -0.3 is 4.74 Å². The normalized spacial score (nSPS) is 15.9. The second kappa shape index (κ2) is 5.51. The molecule has 19 heavy (non-hydrogen) atoms. The van der Waals surface area contributed by atoms with E-state index in [1.54, 1.807) is 7.11 Å². The van der Waals surface area contributed by atoms with Crippen LogP contribution in [0, 0.1) is 5.92 Å². The Labute approximate surface area is 110 Å². The highest BCUT2D eigenvalue weighted by molar-refractivity contribution is 6.16. The topological polar surface area (TPSA) is 84.5 Å². The van der Waals surface area contributed by atoms with Crippen molar-refractivity contribution in [2.75, 3.05) is 7.11 Å². The van der Waals surface area contributed by atoms with Gasteiger partial charge in [0, 0.05) is 0 Å². The Bertz CT molecular complexity index is 490. The van der Waals surface area contributed by atoms with E-state index in [9.17, 15) is 14.4 Å². The number of aryl methyl sites for hydroxylation is 1. The highest BCUT2D eigenvalue weighted by Gasteiger charge is 2.33. The van der Waals surface area contributed by atoms with Gasteiger partial charge in [-0.25, -0.2) is 4.79 Å². The first kappa shape index (κ1) is 13.1. The number of carbonyl (C=O) groups excluding carboxylic acids is 3. The third-order valence-corrected chi connectivity index (χ3v) is 2.99. The number of barbiturate groups is 1. The molecule has 0 saturated carbocycles. The van der Waals surface area contributed by atoms with Crippen LogP contribution in [-0.4, -0.2) is 25.0 Å². The molecule has 0 bridgehead atoms. The molecule has 6 heteroatoms. The largest absolute Gasteiger partial charge is 0.497 e. The standard InChI is InChI=1S/C13H14N2O4/c1-19-9-5-2-8(3-6-9)4-7-10-11(16)14-13(18)15-12(10)17/h2-3,5-6,10H,4,7H2,1H3,(H2,14,15,16,17,18). The van der Waals surface area contributed by atoms with Gasteiger partial charge in [-0.05, 0) is 30.5 Å². The Balaban J connectivity index is 1.95. The number of imide groups is 2. The number of ether oxygens (including phenoxy) is 1. The Kier molecular flexibility index (Phi) is 3.79. The number of hydrogen-bond donors (Lipinski definition) is 2. The maximum absolute atomic E-state index is 11.5. The molecule has 6 nitrogen and oxygen atoms in total. The fraction of sp³-hybridized carbons (Fsp3) is 0.308. The molecule has 2 rings (SSSR count). The van der Waals surface area contributed by atoms with Gasteiger partial charge >= 0.3 is 6.03 Å². The average molecular weight is 262 g/mol. The lowest BCUT2D eigenvalue weighted by molar-refractivity contribution is -0.136. The van der Waals surface area contributed by atoms with E-state index in [1.807, 2.05) is 24.3 Å². The first-order chi connectivity index (χ1) is 9.10. The monoisotopic (exact) mass is 262 g/mol. The Morgan fingerprint density at radius 3 is 2.16 bits per heavy atom. The van der Waals surface area contributed by atoms with Crippen LogP contribution < -0.4 is 15.4 Å². The highest BCUT2D eigenvalue weighted by atomic mass is 16.5. The van der Waals surface area contributed by atoms with Crippen molar-refractivity contribution in [3.63, 3.8) is 0 Å². The maximum atomic E-state index is 11.5. The van der Waals surface area contributed by atoms with Crippen LogP contribution in [0.2, 0.25) is 0 Å². The van der Waals surface area contributed by atoms with Crippen LogP contribution in [-0.2, 0) is 16.0 Å². The SMILES string of the molecule is COc1ccc(CCC2C(=O)NC(=O)NC2=O)cc1. The zero-order chi connectivity index (χ0) is 13.8.